The predicted octanol–water partition coefficient (Wildman–Crippen LogP) is 3.45. The van der Waals surface area contributed by atoms with Crippen molar-refractivity contribution in [3.8, 4) is 0 Å². The molecular weight excluding hydrogens is 200 g/mol. The maximum Gasteiger partial charge on any atom is 0.112 e. The van der Waals surface area contributed by atoms with Crippen LogP contribution >= 0.6 is 18.4 Å². The summed E-state index contributed by atoms with van der Waals surface area (Å²) < 4.78 is 8.21. The Morgan fingerprint density at radius 2 is 2.00 bits per heavy atom. The van der Waals surface area contributed by atoms with E-state index in [2.05, 4.69) is 29.5 Å². The minimum absolute atomic E-state index is 0.615. The van der Waals surface area contributed by atoms with Crippen LogP contribution < -0.4 is 0 Å². The molecule has 0 heterocycles. The number of benzene rings is 1. The highest BCUT2D eigenvalue weighted by atomic mass is 31.1. The Kier molecular flexibility index (Phi) is 8.87. The van der Waals surface area contributed by atoms with Crippen molar-refractivity contribution in [2.24, 2.45) is 4.52 Å². The van der Waals surface area contributed by atoms with Gasteiger partial charge in [0, 0.05) is 0 Å². The molecule has 0 saturated heterocycles. The van der Waals surface area contributed by atoms with E-state index >= 15 is 0 Å². The van der Waals surface area contributed by atoms with E-state index in [1.807, 2.05) is 30.3 Å². The van der Waals surface area contributed by atoms with Crippen molar-refractivity contribution < 1.29 is 4.74 Å². The first-order valence-electron chi connectivity index (χ1n) is 3.68. The third-order valence-electron chi connectivity index (χ3n) is 1.21. The van der Waals surface area contributed by atoms with E-state index in [9.17, 15) is 0 Å². The summed E-state index contributed by atoms with van der Waals surface area (Å²) >= 11 is 0. The minimum atomic E-state index is 0.615. The van der Waals surface area contributed by atoms with E-state index < -0.39 is 0 Å². The molecule has 0 aliphatic rings. The zero-order valence-corrected chi connectivity index (χ0v) is 9.47. The van der Waals surface area contributed by atoms with Crippen molar-refractivity contribution in [3.63, 3.8) is 0 Å². The molecule has 0 spiro atoms. The molecular formula is C9H13NOP2. The summed E-state index contributed by atoms with van der Waals surface area (Å²) in [6.07, 6.45) is 1.45. The van der Waals surface area contributed by atoms with Crippen molar-refractivity contribution in [1.29, 1.82) is 0 Å². The fraction of sp³-hybridized carbons (Fsp3) is 0.111. The lowest BCUT2D eigenvalue weighted by atomic mass is 10.2. The number of hydrogen-bond donors (Lipinski definition) is 0. The molecule has 0 amide bonds. The second-order valence-electron chi connectivity index (χ2n) is 2.09. The molecule has 0 saturated carbocycles. The molecule has 1 atom stereocenters. The second kappa shape index (κ2) is 9.38. The summed E-state index contributed by atoms with van der Waals surface area (Å²) in [7, 11) is 4.89. The van der Waals surface area contributed by atoms with Crippen LogP contribution in [0.15, 0.2) is 47.7 Å². The average molecular weight is 213 g/mol. The van der Waals surface area contributed by atoms with Crippen LogP contribution in [0.4, 0.5) is 0 Å². The Bertz CT molecular complexity index is 239. The quantitative estimate of drug-likeness (QED) is 0.556. The summed E-state index contributed by atoms with van der Waals surface area (Å²) in [5, 5.41) is 0. The summed E-state index contributed by atoms with van der Waals surface area (Å²) in [5.41, 5.74) is 1.17. The van der Waals surface area contributed by atoms with Crippen molar-refractivity contribution >= 4 is 18.4 Å². The Labute approximate surface area is 83.6 Å². The van der Waals surface area contributed by atoms with Gasteiger partial charge in [0.15, 0.2) is 0 Å². The highest BCUT2D eigenvalue weighted by molar-refractivity contribution is 7.23. The molecule has 2 nitrogen and oxygen atoms in total. The fourth-order valence-electron chi connectivity index (χ4n) is 0.729. The van der Waals surface area contributed by atoms with E-state index in [0.29, 0.717) is 6.61 Å². The van der Waals surface area contributed by atoms with Crippen molar-refractivity contribution in [2.75, 3.05) is 0 Å². The predicted molar refractivity (Wildman–Crippen MR) is 61.9 cm³/mol. The van der Waals surface area contributed by atoms with Gasteiger partial charge in [0.1, 0.15) is 6.61 Å². The van der Waals surface area contributed by atoms with Crippen molar-refractivity contribution in [3.05, 3.63) is 48.7 Å². The maximum absolute atomic E-state index is 4.98. The molecule has 0 aromatic heterocycles. The van der Waals surface area contributed by atoms with Crippen LogP contribution in [-0.4, -0.2) is 0 Å². The highest BCUT2D eigenvalue weighted by Crippen LogP contribution is 1.99. The van der Waals surface area contributed by atoms with Crippen LogP contribution in [0.25, 0.3) is 0 Å². The van der Waals surface area contributed by atoms with E-state index in [1.54, 1.807) is 0 Å². The molecule has 1 rings (SSSR count). The summed E-state index contributed by atoms with van der Waals surface area (Å²) in [6.45, 7) is 4.07. The van der Waals surface area contributed by atoms with Crippen LogP contribution in [-0.2, 0) is 11.3 Å². The molecule has 70 valence electrons. The smallest absolute Gasteiger partial charge is 0.112 e. The van der Waals surface area contributed by atoms with E-state index in [0.717, 1.165) is 0 Å². The molecule has 0 aliphatic carbocycles. The normalized spacial score (nSPS) is 7.77. The van der Waals surface area contributed by atoms with Gasteiger partial charge in [-0.05, 0) is 24.0 Å². The lowest BCUT2D eigenvalue weighted by Gasteiger charge is -1.98. The lowest BCUT2D eigenvalue weighted by molar-refractivity contribution is 0.237. The second-order valence-corrected chi connectivity index (χ2v) is 3.13. The number of rotatable bonds is 3. The standard InChI is InChI=1S/C9H10O.H3NP2/c1-2-10-8-9-6-4-3-5-7-9;2-1-3/h2-7H,1,8H2;2H,3H2. The molecule has 1 aromatic rings. The van der Waals surface area contributed by atoms with E-state index in [4.69, 9.17) is 4.74 Å². The Balaban J connectivity index is 0.000000424. The lowest BCUT2D eigenvalue weighted by Crippen LogP contribution is -1.83. The van der Waals surface area contributed by atoms with Gasteiger partial charge in [-0.2, -0.15) is 0 Å². The van der Waals surface area contributed by atoms with Crippen LogP contribution in [0.5, 0.6) is 0 Å². The summed E-state index contributed by atoms with van der Waals surface area (Å²) in [6, 6.07) is 9.99. The third-order valence-corrected chi connectivity index (χ3v) is 1.21. The zero-order chi connectivity index (χ0) is 9.94. The molecule has 1 unspecified atom stereocenters. The zero-order valence-electron chi connectivity index (χ0n) is 7.31. The average Bonchev–Trinajstić information content (AvgIpc) is 2.18. The van der Waals surface area contributed by atoms with Gasteiger partial charge in [-0.3, -0.25) is 4.52 Å². The molecule has 0 N–H and O–H groups in total. The first kappa shape index (κ1) is 12.3. The van der Waals surface area contributed by atoms with Gasteiger partial charge in [0.05, 0.1) is 6.26 Å². The minimum Gasteiger partial charge on any atom is -0.497 e. The van der Waals surface area contributed by atoms with Gasteiger partial charge in [0.2, 0.25) is 0 Å². The maximum atomic E-state index is 4.98. The van der Waals surface area contributed by atoms with Gasteiger partial charge in [0.25, 0.3) is 0 Å². The van der Waals surface area contributed by atoms with E-state index in [-0.39, 0.29) is 0 Å². The van der Waals surface area contributed by atoms with E-state index in [1.165, 1.54) is 11.8 Å². The Morgan fingerprint density at radius 1 is 1.46 bits per heavy atom. The SMILES string of the molecule is C=COCc1ccccc1.P=NP. The molecule has 0 fully saturated rings. The Morgan fingerprint density at radius 3 is 2.46 bits per heavy atom. The van der Waals surface area contributed by atoms with Crippen LogP contribution in [0.2, 0.25) is 0 Å². The molecule has 0 aliphatic heterocycles. The van der Waals surface area contributed by atoms with Gasteiger partial charge < -0.3 is 4.74 Å². The summed E-state index contributed by atoms with van der Waals surface area (Å²) in [5.74, 6) is 0. The molecule has 4 heteroatoms. The van der Waals surface area contributed by atoms with Gasteiger partial charge in [-0.1, -0.05) is 36.9 Å². The van der Waals surface area contributed by atoms with Crippen molar-refractivity contribution in [1.82, 2.24) is 0 Å². The topological polar surface area (TPSA) is 21.6 Å². The highest BCUT2D eigenvalue weighted by Gasteiger charge is 1.85. The largest absolute Gasteiger partial charge is 0.497 e. The molecule has 0 bridgehead atoms. The van der Waals surface area contributed by atoms with Gasteiger partial charge >= 0.3 is 0 Å². The fourth-order valence-corrected chi connectivity index (χ4v) is 0.729. The first-order chi connectivity index (χ1) is 6.35. The number of ether oxygens (including phenoxy) is 1. The monoisotopic (exact) mass is 213 g/mol. The number of nitrogens with zero attached hydrogens (tertiary/aromatic N) is 1. The molecule has 0 radical (unpaired) electrons. The van der Waals surface area contributed by atoms with Crippen LogP contribution in [0, 0.1) is 0 Å². The summed E-state index contributed by atoms with van der Waals surface area (Å²) in [4.78, 5) is 0. The van der Waals surface area contributed by atoms with Crippen LogP contribution in [0.3, 0.4) is 0 Å². The van der Waals surface area contributed by atoms with Crippen molar-refractivity contribution in [2.45, 2.75) is 6.61 Å². The third kappa shape index (κ3) is 7.64. The van der Waals surface area contributed by atoms with Crippen LogP contribution in [0.1, 0.15) is 5.56 Å². The Hall–Kier alpha value is -0.710. The molecule has 13 heavy (non-hydrogen) atoms. The number of hydrogen-bond acceptors (Lipinski definition) is 2. The van der Waals surface area contributed by atoms with Gasteiger partial charge in [-0.25, -0.2) is 0 Å². The first-order valence-corrected chi connectivity index (χ1v) is 4.64. The molecule has 1 aromatic carbocycles. The van der Waals surface area contributed by atoms with Gasteiger partial charge in [-0.15, -0.1) is 0 Å².